The largest absolute Gasteiger partial charge is 0.0654 e. The summed E-state index contributed by atoms with van der Waals surface area (Å²) in [5.41, 5.74) is 6.19. The van der Waals surface area contributed by atoms with E-state index in [0.29, 0.717) is 5.92 Å². The minimum Gasteiger partial charge on any atom is -0.0654 e. The highest BCUT2D eigenvalue weighted by molar-refractivity contribution is 5.40. The lowest BCUT2D eigenvalue weighted by Crippen LogP contribution is -2.09. The normalized spacial score (nSPS) is 15.6. The van der Waals surface area contributed by atoms with Crippen molar-refractivity contribution in [3.05, 3.63) is 34.4 Å². The smallest absolute Gasteiger partial charge is 0.0157 e. The van der Waals surface area contributed by atoms with Crippen LogP contribution in [-0.2, 0) is 0 Å². The molecule has 3 atom stereocenters. The van der Waals surface area contributed by atoms with Gasteiger partial charge in [-0.3, -0.25) is 0 Å². The molecule has 0 saturated heterocycles. The monoisotopic (exact) mass is 302 g/mol. The second-order valence-electron chi connectivity index (χ2n) is 7.49. The number of aryl methyl sites for hydroxylation is 2. The van der Waals surface area contributed by atoms with Crippen LogP contribution in [0.25, 0.3) is 0 Å². The van der Waals surface area contributed by atoms with Gasteiger partial charge in [0.05, 0.1) is 0 Å². The molecule has 1 aromatic rings. The quantitative estimate of drug-likeness (QED) is 0.442. The Hall–Kier alpha value is -0.780. The molecule has 22 heavy (non-hydrogen) atoms. The third-order valence-corrected chi connectivity index (χ3v) is 5.34. The van der Waals surface area contributed by atoms with E-state index >= 15 is 0 Å². The van der Waals surface area contributed by atoms with Gasteiger partial charge in [-0.15, -0.1) is 0 Å². The highest BCUT2D eigenvalue weighted by Gasteiger charge is 2.18. The van der Waals surface area contributed by atoms with Crippen LogP contribution in [0.1, 0.15) is 107 Å². The van der Waals surface area contributed by atoms with Crippen molar-refractivity contribution in [1.29, 1.82) is 0 Å². The molecule has 1 aromatic carbocycles. The number of hydrogen-bond donors (Lipinski definition) is 0. The van der Waals surface area contributed by atoms with Gasteiger partial charge in [-0.2, -0.15) is 0 Å². The second-order valence-corrected chi connectivity index (χ2v) is 7.49. The first-order valence-electron chi connectivity index (χ1n) is 9.55. The van der Waals surface area contributed by atoms with E-state index in [9.17, 15) is 0 Å². The Kier molecular flexibility index (Phi) is 8.21. The van der Waals surface area contributed by atoms with E-state index in [-0.39, 0.29) is 0 Å². The van der Waals surface area contributed by atoms with Gasteiger partial charge in [0.25, 0.3) is 0 Å². The van der Waals surface area contributed by atoms with E-state index in [1.165, 1.54) is 49.7 Å². The molecule has 3 unspecified atom stereocenters. The van der Waals surface area contributed by atoms with Crippen LogP contribution in [0.3, 0.4) is 0 Å². The molecule has 0 amide bonds. The summed E-state index contributed by atoms with van der Waals surface area (Å²) in [4.78, 5) is 0. The Morgan fingerprint density at radius 1 is 0.818 bits per heavy atom. The van der Waals surface area contributed by atoms with E-state index < -0.39 is 0 Å². The summed E-state index contributed by atoms with van der Waals surface area (Å²) >= 11 is 0. The van der Waals surface area contributed by atoms with Crippen molar-refractivity contribution in [2.24, 2.45) is 5.92 Å². The van der Waals surface area contributed by atoms with Gasteiger partial charge in [-0.1, -0.05) is 66.0 Å². The summed E-state index contributed by atoms with van der Waals surface area (Å²) in [5.74, 6) is 2.27. The Bertz CT molecular complexity index is 444. The Labute approximate surface area is 139 Å². The van der Waals surface area contributed by atoms with Crippen molar-refractivity contribution in [3.8, 4) is 0 Å². The van der Waals surface area contributed by atoms with E-state index in [1.807, 2.05) is 0 Å². The first kappa shape index (κ1) is 19.3. The Morgan fingerprint density at radius 2 is 1.36 bits per heavy atom. The molecule has 0 N–H and O–H groups in total. The predicted molar refractivity (Wildman–Crippen MR) is 101 cm³/mol. The summed E-state index contributed by atoms with van der Waals surface area (Å²) in [5, 5.41) is 0. The maximum Gasteiger partial charge on any atom is -0.0157 e. The molecule has 0 spiro atoms. The van der Waals surface area contributed by atoms with Crippen molar-refractivity contribution in [3.63, 3.8) is 0 Å². The third kappa shape index (κ3) is 5.14. The average molecular weight is 303 g/mol. The highest BCUT2D eigenvalue weighted by Crippen LogP contribution is 2.35. The number of benzene rings is 1. The van der Waals surface area contributed by atoms with Gasteiger partial charge in [0.2, 0.25) is 0 Å². The lowest BCUT2D eigenvalue weighted by atomic mass is 9.80. The minimum absolute atomic E-state index is 0.677. The third-order valence-electron chi connectivity index (χ3n) is 5.34. The van der Waals surface area contributed by atoms with Gasteiger partial charge in [0, 0.05) is 0 Å². The molecular formula is C22H38. The zero-order valence-corrected chi connectivity index (χ0v) is 16.1. The van der Waals surface area contributed by atoms with Crippen LogP contribution in [-0.4, -0.2) is 0 Å². The van der Waals surface area contributed by atoms with Gasteiger partial charge < -0.3 is 0 Å². The lowest BCUT2D eigenvalue weighted by Gasteiger charge is -2.25. The molecule has 0 radical (unpaired) electrons. The van der Waals surface area contributed by atoms with E-state index in [1.54, 1.807) is 11.1 Å². The van der Waals surface area contributed by atoms with Crippen molar-refractivity contribution < 1.29 is 0 Å². The predicted octanol–water partition coefficient (Wildman–Crippen LogP) is 7.53. The van der Waals surface area contributed by atoms with Crippen molar-refractivity contribution >= 4 is 0 Å². The molecule has 0 aliphatic rings. The Balaban J connectivity index is 3.06. The topological polar surface area (TPSA) is 0 Å². The van der Waals surface area contributed by atoms with Crippen LogP contribution in [0.5, 0.6) is 0 Å². The molecule has 126 valence electrons. The Morgan fingerprint density at radius 3 is 1.91 bits per heavy atom. The van der Waals surface area contributed by atoms with Crippen molar-refractivity contribution in [1.82, 2.24) is 0 Å². The maximum absolute atomic E-state index is 2.51. The molecule has 0 fully saturated rings. The fourth-order valence-electron chi connectivity index (χ4n) is 3.90. The highest BCUT2D eigenvalue weighted by atomic mass is 14.2. The summed E-state index contributed by atoms with van der Waals surface area (Å²) in [7, 11) is 0. The molecule has 0 aliphatic heterocycles. The molecule has 0 aromatic heterocycles. The molecular weight excluding hydrogens is 264 g/mol. The molecule has 0 aliphatic carbocycles. The fraction of sp³-hybridized carbons (Fsp3) is 0.727. The van der Waals surface area contributed by atoms with Crippen LogP contribution < -0.4 is 0 Å². The van der Waals surface area contributed by atoms with Crippen LogP contribution >= 0.6 is 0 Å². The van der Waals surface area contributed by atoms with Gasteiger partial charge in [0.15, 0.2) is 0 Å². The standard InChI is InChI=1S/C22H38/c1-8-11-16(4)13-20(12-9-2)22-15-18(6)21(14-19(22)7)17(5)10-3/h14-17,20H,8-13H2,1-7H3. The zero-order valence-electron chi connectivity index (χ0n) is 16.1. The molecule has 0 saturated carbocycles. The van der Waals surface area contributed by atoms with Gasteiger partial charge >= 0.3 is 0 Å². The molecule has 0 heteroatoms. The van der Waals surface area contributed by atoms with Crippen LogP contribution in [0.2, 0.25) is 0 Å². The van der Waals surface area contributed by atoms with Crippen molar-refractivity contribution in [2.45, 2.75) is 98.8 Å². The van der Waals surface area contributed by atoms with Gasteiger partial charge in [0.1, 0.15) is 0 Å². The van der Waals surface area contributed by atoms with Crippen LogP contribution in [0.15, 0.2) is 12.1 Å². The molecule has 0 heterocycles. The molecule has 0 nitrogen and oxygen atoms in total. The molecule has 0 bridgehead atoms. The first-order valence-corrected chi connectivity index (χ1v) is 9.55. The minimum atomic E-state index is 0.677. The lowest BCUT2D eigenvalue weighted by molar-refractivity contribution is 0.417. The first-order chi connectivity index (χ1) is 10.4. The number of hydrogen-bond acceptors (Lipinski definition) is 0. The van der Waals surface area contributed by atoms with E-state index in [4.69, 9.17) is 0 Å². The average Bonchev–Trinajstić information content (AvgIpc) is 2.48. The van der Waals surface area contributed by atoms with Crippen LogP contribution in [0.4, 0.5) is 0 Å². The van der Waals surface area contributed by atoms with E-state index in [2.05, 4.69) is 60.6 Å². The van der Waals surface area contributed by atoms with Crippen molar-refractivity contribution in [2.75, 3.05) is 0 Å². The summed E-state index contributed by atoms with van der Waals surface area (Å²) in [6.07, 6.45) is 7.87. The van der Waals surface area contributed by atoms with Gasteiger partial charge in [-0.25, -0.2) is 0 Å². The summed E-state index contributed by atoms with van der Waals surface area (Å²) < 4.78 is 0. The van der Waals surface area contributed by atoms with Gasteiger partial charge in [-0.05, 0) is 73.1 Å². The second kappa shape index (κ2) is 9.38. The SMILES string of the molecule is CCCC(C)CC(CCC)c1cc(C)c(C(C)CC)cc1C. The maximum atomic E-state index is 2.51. The van der Waals surface area contributed by atoms with Crippen LogP contribution in [0, 0.1) is 19.8 Å². The fourth-order valence-corrected chi connectivity index (χ4v) is 3.90. The van der Waals surface area contributed by atoms with E-state index in [0.717, 1.165) is 11.8 Å². The molecule has 1 rings (SSSR count). The zero-order chi connectivity index (χ0) is 16.7. The summed E-state index contributed by atoms with van der Waals surface area (Å²) in [6, 6.07) is 4.99. The number of rotatable bonds is 9. The summed E-state index contributed by atoms with van der Waals surface area (Å²) in [6.45, 7) is 16.3.